The van der Waals surface area contributed by atoms with Gasteiger partial charge in [0.2, 0.25) is 5.91 Å². The standard InChI is InChI=1S/C69H131N2O6P/c1-6-8-10-12-14-16-18-20-22-24-26-28-30-32-33-34-35-36-37-39-41-43-45-47-49-51-53-55-57-59-61-63-69(73)70-67(66-77-78(74,75)76-65-64-71(3,4)5)68(72)62-60-58-56-54-52-50-48-46-44-42-40-38-31-29-27-25-23-21-19-17-15-13-11-9-7-2/h18,20,24,26,44,46,52,54,60,62,67-68,72H,6-17,19,21-23,25,27-43,45,47-51,53,55-59,61,63-66H2,1-5H3,(H-,70,73,74,75)/b20-18-,26-24-,46-44+,54-52+,62-60+. The van der Waals surface area contributed by atoms with E-state index < -0.39 is 26.6 Å². The smallest absolute Gasteiger partial charge is 0.268 e. The first-order chi connectivity index (χ1) is 38.0. The summed E-state index contributed by atoms with van der Waals surface area (Å²) in [5.74, 6) is -0.207. The highest BCUT2D eigenvalue weighted by Crippen LogP contribution is 2.38. The Hall–Kier alpha value is -1.80. The Morgan fingerprint density at radius 3 is 1.12 bits per heavy atom. The molecule has 0 bridgehead atoms. The summed E-state index contributed by atoms with van der Waals surface area (Å²) in [4.78, 5) is 25.6. The number of phosphoric acid groups is 1. The number of phosphoric ester groups is 1. The minimum absolute atomic E-state index is 0.00908. The lowest BCUT2D eigenvalue weighted by molar-refractivity contribution is -0.870. The van der Waals surface area contributed by atoms with Crippen LogP contribution in [-0.4, -0.2) is 68.5 Å². The van der Waals surface area contributed by atoms with E-state index in [9.17, 15) is 19.4 Å². The van der Waals surface area contributed by atoms with Crippen molar-refractivity contribution in [3.05, 3.63) is 60.8 Å². The van der Waals surface area contributed by atoms with Crippen molar-refractivity contribution in [2.45, 2.75) is 334 Å². The molecule has 458 valence electrons. The summed E-state index contributed by atoms with van der Waals surface area (Å²) >= 11 is 0. The molecule has 0 aromatic heterocycles. The van der Waals surface area contributed by atoms with Crippen molar-refractivity contribution in [3.8, 4) is 0 Å². The molecule has 0 aromatic rings. The molecule has 2 N–H and O–H groups in total. The quantitative estimate of drug-likeness (QED) is 0.0272. The summed E-state index contributed by atoms with van der Waals surface area (Å²) in [7, 11) is 1.24. The van der Waals surface area contributed by atoms with Gasteiger partial charge < -0.3 is 28.8 Å². The topological polar surface area (TPSA) is 108 Å². The van der Waals surface area contributed by atoms with E-state index in [1.165, 1.54) is 250 Å². The average Bonchev–Trinajstić information content (AvgIpc) is 3.41. The SMILES string of the molecule is CCCCCCC/C=C\C/C=C\CCCCCCCCCCCCCCCCCCCCCC(=O)NC(COP(=O)([O-])OCC[N+](C)(C)C)C(O)/C=C/CC/C=C/CC/C=C/CCCCCCCCCCCCCCCCC. The van der Waals surface area contributed by atoms with Crippen LogP contribution in [0.4, 0.5) is 0 Å². The van der Waals surface area contributed by atoms with Gasteiger partial charge in [-0.15, -0.1) is 0 Å². The number of aliphatic hydroxyl groups is 1. The number of quaternary nitrogens is 1. The summed E-state index contributed by atoms with van der Waals surface area (Å²) in [5, 5.41) is 13.9. The summed E-state index contributed by atoms with van der Waals surface area (Å²) in [6.07, 6.45) is 81.9. The van der Waals surface area contributed by atoms with Crippen molar-refractivity contribution in [2.24, 2.45) is 0 Å². The number of likely N-dealkylation sites (N-methyl/N-ethyl adjacent to an activating group) is 1. The summed E-state index contributed by atoms with van der Waals surface area (Å²) in [6.45, 7) is 4.65. The fourth-order valence-corrected chi connectivity index (χ4v) is 10.6. The monoisotopic (exact) mass is 1110 g/mol. The second-order valence-corrected chi connectivity index (χ2v) is 25.6. The maximum absolute atomic E-state index is 13.0. The highest BCUT2D eigenvalue weighted by atomic mass is 31.2. The fraction of sp³-hybridized carbons (Fsp3) is 0.841. The molecule has 0 aromatic carbocycles. The van der Waals surface area contributed by atoms with E-state index in [4.69, 9.17) is 9.05 Å². The van der Waals surface area contributed by atoms with Crippen molar-refractivity contribution in [1.29, 1.82) is 0 Å². The molecular formula is C69H131N2O6P. The van der Waals surface area contributed by atoms with Crippen LogP contribution in [0.1, 0.15) is 322 Å². The van der Waals surface area contributed by atoms with Crippen LogP contribution >= 0.6 is 7.82 Å². The van der Waals surface area contributed by atoms with Gasteiger partial charge in [0.15, 0.2) is 0 Å². The second-order valence-electron chi connectivity index (χ2n) is 24.2. The fourth-order valence-electron chi connectivity index (χ4n) is 9.92. The van der Waals surface area contributed by atoms with E-state index in [-0.39, 0.29) is 12.5 Å². The van der Waals surface area contributed by atoms with Gasteiger partial charge in [-0.25, -0.2) is 0 Å². The molecule has 0 saturated carbocycles. The maximum atomic E-state index is 13.0. The van der Waals surface area contributed by atoms with Gasteiger partial charge >= 0.3 is 0 Å². The molecule has 0 fully saturated rings. The zero-order valence-electron chi connectivity index (χ0n) is 52.4. The van der Waals surface area contributed by atoms with Gasteiger partial charge in [0.1, 0.15) is 13.2 Å². The Morgan fingerprint density at radius 2 is 0.756 bits per heavy atom. The van der Waals surface area contributed by atoms with Gasteiger partial charge in [0.25, 0.3) is 7.82 Å². The number of allylic oxidation sites excluding steroid dienone is 9. The van der Waals surface area contributed by atoms with Gasteiger partial charge in [-0.05, 0) is 77.0 Å². The summed E-state index contributed by atoms with van der Waals surface area (Å²) in [5.41, 5.74) is 0. The third-order valence-electron chi connectivity index (χ3n) is 15.2. The van der Waals surface area contributed by atoms with Gasteiger partial charge in [-0.3, -0.25) is 9.36 Å². The van der Waals surface area contributed by atoms with Crippen LogP contribution in [0.2, 0.25) is 0 Å². The van der Waals surface area contributed by atoms with Gasteiger partial charge in [-0.1, -0.05) is 299 Å². The molecule has 0 aliphatic rings. The molecule has 0 spiro atoms. The largest absolute Gasteiger partial charge is 0.756 e. The third kappa shape index (κ3) is 61.8. The Balaban J connectivity index is 4.13. The zero-order chi connectivity index (χ0) is 57.0. The maximum Gasteiger partial charge on any atom is 0.268 e. The van der Waals surface area contributed by atoms with E-state index >= 15 is 0 Å². The van der Waals surface area contributed by atoms with Crippen molar-refractivity contribution >= 4 is 13.7 Å². The number of carbonyl (C=O) groups excluding carboxylic acids is 1. The van der Waals surface area contributed by atoms with Crippen molar-refractivity contribution in [2.75, 3.05) is 40.9 Å². The molecule has 78 heavy (non-hydrogen) atoms. The molecule has 0 aliphatic heterocycles. The van der Waals surface area contributed by atoms with Gasteiger partial charge in [0.05, 0.1) is 39.9 Å². The number of nitrogens with one attached hydrogen (secondary N) is 1. The molecule has 0 aliphatic carbocycles. The Labute approximate surface area is 485 Å². The minimum atomic E-state index is -4.62. The second kappa shape index (κ2) is 59.8. The Morgan fingerprint density at radius 1 is 0.449 bits per heavy atom. The van der Waals surface area contributed by atoms with E-state index in [1.807, 2.05) is 27.2 Å². The lowest BCUT2D eigenvalue weighted by Gasteiger charge is -2.29. The summed E-state index contributed by atoms with van der Waals surface area (Å²) in [6, 6.07) is -0.912. The lowest BCUT2D eigenvalue weighted by Crippen LogP contribution is -2.45. The van der Waals surface area contributed by atoms with Crippen LogP contribution in [0.15, 0.2) is 60.8 Å². The predicted octanol–water partition coefficient (Wildman–Crippen LogP) is 20.6. The molecule has 0 saturated heterocycles. The van der Waals surface area contributed by atoms with Gasteiger partial charge in [0, 0.05) is 6.42 Å². The first kappa shape index (κ1) is 76.2. The predicted molar refractivity (Wildman–Crippen MR) is 339 cm³/mol. The van der Waals surface area contributed by atoms with Crippen molar-refractivity contribution in [3.63, 3.8) is 0 Å². The number of aliphatic hydroxyl groups excluding tert-OH is 1. The average molecular weight is 1120 g/mol. The van der Waals surface area contributed by atoms with Crippen LogP contribution in [-0.2, 0) is 18.4 Å². The van der Waals surface area contributed by atoms with Crippen LogP contribution in [0.3, 0.4) is 0 Å². The number of hydrogen-bond donors (Lipinski definition) is 2. The first-order valence-corrected chi connectivity index (χ1v) is 35.1. The van der Waals surface area contributed by atoms with E-state index in [0.717, 1.165) is 51.4 Å². The molecule has 8 nitrogen and oxygen atoms in total. The number of rotatable bonds is 62. The van der Waals surface area contributed by atoms with E-state index in [2.05, 4.69) is 67.8 Å². The molecule has 0 rings (SSSR count). The number of amides is 1. The molecule has 3 unspecified atom stereocenters. The highest BCUT2D eigenvalue weighted by molar-refractivity contribution is 7.45. The van der Waals surface area contributed by atoms with Crippen molar-refractivity contribution < 1.29 is 32.9 Å². The molecular weight excluding hydrogens is 984 g/mol. The number of hydrogen-bond acceptors (Lipinski definition) is 6. The molecule has 9 heteroatoms. The van der Waals surface area contributed by atoms with Crippen LogP contribution in [0.25, 0.3) is 0 Å². The van der Waals surface area contributed by atoms with Crippen LogP contribution < -0.4 is 10.2 Å². The number of nitrogens with zero attached hydrogens (tertiary/aromatic N) is 1. The molecule has 1 amide bonds. The molecule has 0 radical (unpaired) electrons. The molecule has 3 atom stereocenters. The number of unbranched alkanes of at least 4 members (excludes halogenated alkanes) is 41. The van der Waals surface area contributed by atoms with Crippen LogP contribution in [0.5, 0.6) is 0 Å². The Kier molecular flexibility index (Phi) is 58.4. The highest BCUT2D eigenvalue weighted by Gasteiger charge is 2.23. The zero-order valence-corrected chi connectivity index (χ0v) is 53.3. The molecule has 0 heterocycles. The number of carbonyl (C=O) groups is 1. The Bertz CT molecular complexity index is 1450. The third-order valence-corrected chi connectivity index (χ3v) is 16.1. The normalized spacial score (nSPS) is 14.1. The lowest BCUT2D eigenvalue weighted by atomic mass is 10.0. The minimum Gasteiger partial charge on any atom is -0.756 e. The first-order valence-electron chi connectivity index (χ1n) is 33.7. The van der Waals surface area contributed by atoms with Gasteiger partial charge in [-0.2, -0.15) is 0 Å². The van der Waals surface area contributed by atoms with Crippen molar-refractivity contribution in [1.82, 2.24) is 5.32 Å². The summed E-state index contributed by atoms with van der Waals surface area (Å²) < 4.78 is 23.4. The van der Waals surface area contributed by atoms with Crippen LogP contribution in [0, 0.1) is 0 Å². The van der Waals surface area contributed by atoms with E-state index in [0.29, 0.717) is 17.4 Å². The van der Waals surface area contributed by atoms with E-state index in [1.54, 1.807) is 6.08 Å².